The van der Waals surface area contributed by atoms with Crippen molar-refractivity contribution in [2.75, 3.05) is 11.9 Å². The fourth-order valence-corrected chi connectivity index (χ4v) is 2.82. The van der Waals surface area contributed by atoms with Crippen LogP contribution in [0.5, 0.6) is 0 Å². The number of hydrogen-bond acceptors (Lipinski definition) is 5. The Labute approximate surface area is 121 Å². The second-order valence-corrected chi connectivity index (χ2v) is 5.57. The maximum atomic E-state index is 11.3. The number of rotatable bonds is 5. The third kappa shape index (κ3) is 2.82. The van der Waals surface area contributed by atoms with E-state index >= 15 is 0 Å². The molecule has 7 nitrogen and oxygen atoms in total. The van der Waals surface area contributed by atoms with Crippen molar-refractivity contribution in [2.45, 2.75) is 31.4 Å². The van der Waals surface area contributed by atoms with Crippen LogP contribution in [0.25, 0.3) is 0 Å². The van der Waals surface area contributed by atoms with E-state index in [1.54, 1.807) is 0 Å². The van der Waals surface area contributed by atoms with Crippen LogP contribution in [0.1, 0.15) is 29.6 Å². The Balaban J connectivity index is 1.86. The Hall–Kier alpha value is -2.15. The number of benzene rings is 1. The molecule has 1 saturated carbocycles. The molecule has 2 aliphatic rings. The van der Waals surface area contributed by atoms with Crippen molar-refractivity contribution in [3.8, 4) is 0 Å². The molecular weight excluding hydrogens is 274 g/mol. The van der Waals surface area contributed by atoms with E-state index in [0.29, 0.717) is 18.2 Å². The zero-order valence-electron chi connectivity index (χ0n) is 11.5. The number of nitrogens with one attached hydrogen (secondary N) is 1. The first-order valence-electron chi connectivity index (χ1n) is 7.02. The molecule has 1 aromatic carbocycles. The maximum absolute atomic E-state index is 11.3. The first-order valence-corrected chi connectivity index (χ1v) is 7.02. The molecule has 3 rings (SSSR count). The van der Waals surface area contributed by atoms with Crippen molar-refractivity contribution in [3.63, 3.8) is 0 Å². The van der Waals surface area contributed by atoms with Gasteiger partial charge in [0.25, 0.3) is 5.69 Å². The molecule has 2 atom stereocenters. The number of ether oxygens (including phenoxy) is 1. The summed E-state index contributed by atoms with van der Waals surface area (Å²) in [5, 5.41) is 14.3. The van der Waals surface area contributed by atoms with E-state index in [0.717, 1.165) is 19.3 Å². The summed E-state index contributed by atoms with van der Waals surface area (Å²) in [4.78, 5) is 21.9. The number of carbonyl (C=O) groups excluding carboxylic acids is 1. The maximum Gasteiger partial charge on any atom is 0.292 e. The summed E-state index contributed by atoms with van der Waals surface area (Å²) in [6.07, 6.45) is 3.19. The molecule has 0 radical (unpaired) electrons. The summed E-state index contributed by atoms with van der Waals surface area (Å²) in [5.41, 5.74) is 5.77. The Kier molecular flexibility index (Phi) is 3.50. The Morgan fingerprint density at radius 2 is 2.14 bits per heavy atom. The van der Waals surface area contributed by atoms with Crippen LogP contribution in [0, 0.1) is 16.0 Å². The molecule has 1 aliphatic heterocycles. The van der Waals surface area contributed by atoms with Gasteiger partial charge in [0.05, 0.1) is 17.1 Å². The largest absolute Gasteiger partial charge is 0.376 e. The summed E-state index contributed by atoms with van der Waals surface area (Å²) in [5.74, 6) is -0.0576. The molecule has 0 bridgehead atoms. The standard InChI is InChI=1S/C14H17N3O4/c15-14(18)9-3-4-12(17(19)20)11(7-9)16-10-5-6-21-13(10)8-1-2-8/h3-4,7-8,10,13,16H,1-2,5-6H2,(H2,15,18). The minimum atomic E-state index is -0.602. The Morgan fingerprint density at radius 1 is 1.38 bits per heavy atom. The van der Waals surface area contributed by atoms with Crippen molar-refractivity contribution < 1.29 is 14.5 Å². The van der Waals surface area contributed by atoms with E-state index in [1.807, 2.05) is 0 Å². The smallest absolute Gasteiger partial charge is 0.292 e. The van der Waals surface area contributed by atoms with Gasteiger partial charge in [0.1, 0.15) is 5.69 Å². The number of amides is 1. The lowest BCUT2D eigenvalue weighted by atomic mass is 10.0. The van der Waals surface area contributed by atoms with E-state index in [1.165, 1.54) is 18.2 Å². The van der Waals surface area contributed by atoms with E-state index in [4.69, 9.17) is 10.5 Å². The Morgan fingerprint density at radius 3 is 2.76 bits per heavy atom. The van der Waals surface area contributed by atoms with Crippen LogP contribution in [-0.2, 0) is 4.74 Å². The average molecular weight is 291 g/mol. The van der Waals surface area contributed by atoms with E-state index < -0.39 is 10.8 Å². The van der Waals surface area contributed by atoms with Crippen LogP contribution in [0.3, 0.4) is 0 Å². The van der Waals surface area contributed by atoms with Gasteiger partial charge < -0.3 is 15.8 Å². The van der Waals surface area contributed by atoms with Gasteiger partial charge in [-0.25, -0.2) is 0 Å². The van der Waals surface area contributed by atoms with Crippen LogP contribution in [0.15, 0.2) is 18.2 Å². The lowest BCUT2D eigenvalue weighted by Crippen LogP contribution is -2.31. The summed E-state index contributed by atoms with van der Waals surface area (Å²) in [6, 6.07) is 4.17. The molecule has 1 amide bonds. The van der Waals surface area contributed by atoms with Crippen LogP contribution >= 0.6 is 0 Å². The van der Waals surface area contributed by atoms with Gasteiger partial charge in [0, 0.05) is 18.2 Å². The molecule has 7 heteroatoms. The second kappa shape index (κ2) is 5.33. The monoisotopic (exact) mass is 291 g/mol. The highest BCUT2D eigenvalue weighted by atomic mass is 16.6. The van der Waals surface area contributed by atoms with Gasteiger partial charge in [-0.3, -0.25) is 14.9 Å². The predicted octanol–water partition coefficient (Wildman–Crippen LogP) is 1.67. The third-order valence-corrected chi connectivity index (χ3v) is 4.04. The number of primary amides is 1. The fraction of sp³-hybridized carbons (Fsp3) is 0.500. The van der Waals surface area contributed by atoms with Crippen LogP contribution in [0.2, 0.25) is 0 Å². The molecule has 2 unspecified atom stereocenters. The van der Waals surface area contributed by atoms with Gasteiger partial charge in [-0.1, -0.05) is 0 Å². The number of hydrogen-bond donors (Lipinski definition) is 2. The highest BCUT2D eigenvalue weighted by Gasteiger charge is 2.41. The molecule has 0 aromatic heterocycles. The number of carbonyl (C=O) groups is 1. The van der Waals surface area contributed by atoms with Gasteiger partial charge in [-0.2, -0.15) is 0 Å². The Bertz CT molecular complexity index is 586. The van der Waals surface area contributed by atoms with E-state index in [9.17, 15) is 14.9 Å². The molecule has 21 heavy (non-hydrogen) atoms. The zero-order chi connectivity index (χ0) is 15.0. The SMILES string of the molecule is NC(=O)c1ccc([N+](=O)[O-])c(NC2CCOC2C2CC2)c1. The van der Waals surface area contributed by atoms with Gasteiger partial charge in [0.2, 0.25) is 5.91 Å². The molecule has 0 spiro atoms. The van der Waals surface area contributed by atoms with Crippen molar-refractivity contribution in [1.29, 1.82) is 0 Å². The summed E-state index contributed by atoms with van der Waals surface area (Å²) in [6.45, 7) is 0.655. The number of anilines is 1. The number of nitrogens with two attached hydrogens (primary N) is 1. The number of nitrogens with zero attached hydrogens (tertiary/aromatic N) is 1. The minimum Gasteiger partial charge on any atom is -0.376 e. The number of nitro groups is 1. The summed E-state index contributed by atoms with van der Waals surface area (Å²) in [7, 11) is 0. The summed E-state index contributed by atoms with van der Waals surface area (Å²) >= 11 is 0. The van der Waals surface area contributed by atoms with E-state index in [-0.39, 0.29) is 23.4 Å². The fourth-order valence-electron chi connectivity index (χ4n) is 2.82. The predicted molar refractivity (Wildman–Crippen MR) is 76.1 cm³/mol. The highest BCUT2D eigenvalue weighted by molar-refractivity contribution is 5.94. The van der Waals surface area contributed by atoms with Gasteiger partial charge >= 0.3 is 0 Å². The third-order valence-electron chi connectivity index (χ3n) is 4.04. The minimum absolute atomic E-state index is 0.0410. The van der Waals surface area contributed by atoms with Crippen LogP contribution < -0.4 is 11.1 Å². The van der Waals surface area contributed by atoms with Crippen LogP contribution in [0.4, 0.5) is 11.4 Å². The number of nitro benzene ring substituents is 1. The zero-order valence-corrected chi connectivity index (χ0v) is 11.5. The second-order valence-electron chi connectivity index (χ2n) is 5.57. The lowest BCUT2D eigenvalue weighted by Gasteiger charge is -2.20. The molecular formula is C14H17N3O4. The highest BCUT2D eigenvalue weighted by Crippen LogP contribution is 2.40. The van der Waals surface area contributed by atoms with Gasteiger partial charge in [-0.05, 0) is 37.3 Å². The van der Waals surface area contributed by atoms with Gasteiger partial charge in [0.15, 0.2) is 0 Å². The summed E-state index contributed by atoms with van der Waals surface area (Å²) < 4.78 is 5.72. The van der Waals surface area contributed by atoms with Crippen molar-refractivity contribution >= 4 is 17.3 Å². The van der Waals surface area contributed by atoms with Crippen LogP contribution in [-0.4, -0.2) is 29.6 Å². The van der Waals surface area contributed by atoms with Crippen molar-refractivity contribution in [3.05, 3.63) is 33.9 Å². The van der Waals surface area contributed by atoms with Crippen molar-refractivity contribution in [2.24, 2.45) is 11.7 Å². The topological polar surface area (TPSA) is 107 Å². The quantitative estimate of drug-likeness (QED) is 0.633. The average Bonchev–Trinajstić information content (AvgIpc) is 3.19. The molecule has 1 saturated heterocycles. The first-order chi connectivity index (χ1) is 10.1. The first kappa shape index (κ1) is 13.8. The normalized spacial score (nSPS) is 24.8. The van der Waals surface area contributed by atoms with Crippen molar-refractivity contribution in [1.82, 2.24) is 0 Å². The molecule has 1 heterocycles. The van der Waals surface area contributed by atoms with Gasteiger partial charge in [-0.15, -0.1) is 0 Å². The molecule has 1 aliphatic carbocycles. The lowest BCUT2D eigenvalue weighted by molar-refractivity contribution is -0.384. The molecule has 3 N–H and O–H groups in total. The van der Waals surface area contributed by atoms with E-state index in [2.05, 4.69) is 5.32 Å². The molecule has 1 aromatic rings. The molecule has 112 valence electrons. The molecule has 2 fully saturated rings.